The molecule has 68 valence electrons. The van der Waals surface area contributed by atoms with Crippen molar-refractivity contribution in [2.75, 3.05) is 0 Å². The van der Waals surface area contributed by atoms with E-state index in [1.54, 1.807) is 6.92 Å². The summed E-state index contributed by atoms with van der Waals surface area (Å²) in [6.45, 7) is 1.68. The smallest absolute Gasteiger partial charge is 0.133 e. The Balaban J connectivity index is 2.21. The van der Waals surface area contributed by atoms with Gasteiger partial charge in [-0.05, 0) is 30.9 Å². The van der Waals surface area contributed by atoms with E-state index < -0.39 is 0 Å². The molecule has 0 amide bonds. The Morgan fingerprint density at radius 3 is 2.69 bits per heavy atom. The second kappa shape index (κ2) is 3.26. The normalized spacial score (nSPS) is 25.7. The van der Waals surface area contributed by atoms with E-state index in [4.69, 9.17) is 0 Å². The molecule has 1 aliphatic carbocycles. The molecular formula is C11H11BrO. The summed E-state index contributed by atoms with van der Waals surface area (Å²) in [6, 6.07) is 8.15. The van der Waals surface area contributed by atoms with Crippen molar-refractivity contribution in [2.45, 2.75) is 19.3 Å². The number of halogens is 1. The van der Waals surface area contributed by atoms with Crippen LogP contribution < -0.4 is 0 Å². The lowest BCUT2D eigenvalue weighted by Gasteiger charge is -2.01. The highest BCUT2D eigenvalue weighted by atomic mass is 79.9. The molecule has 0 radical (unpaired) electrons. The molecule has 0 unspecified atom stereocenters. The van der Waals surface area contributed by atoms with Gasteiger partial charge in [0.15, 0.2) is 0 Å². The van der Waals surface area contributed by atoms with Crippen LogP contribution in [-0.2, 0) is 4.79 Å². The molecule has 2 heteroatoms. The van der Waals surface area contributed by atoms with E-state index in [1.165, 1.54) is 5.56 Å². The van der Waals surface area contributed by atoms with Crippen LogP contribution in [0.1, 0.15) is 24.8 Å². The number of benzene rings is 1. The monoisotopic (exact) mass is 238 g/mol. The summed E-state index contributed by atoms with van der Waals surface area (Å²) in [7, 11) is 0. The molecule has 2 rings (SSSR count). The molecule has 1 fully saturated rings. The van der Waals surface area contributed by atoms with Crippen LogP contribution in [0.2, 0.25) is 0 Å². The first-order valence-corrected chi connectivity index (χ1v) is 5.24. The molecule has 0 spiro atoms. The Hall–Kier alpha value is -0.630. The fourth-order valence-electron chi connectivity index (χ4n) is 1.76. The third-order valence-corrected chi connectivity index (χ3v) is 3.34. The molecule has 0 N–H and O–H groups in total. The number of carbonyl (C=O) groups excluding carboxylic acids is 1. The molecule has 1 aromatic carbocycles. The van der Waals surface area contributed by atoms with E-state index in [0.717, 1.165) is 10.9 Å². The number of rotatable bonds is 2. The lowest BCUT2D eigenvalue weighted by atomic mass is 10.1. The zero-order chi connectivity index (χ0) is 9.42. The first kappa shape index (κ1) is 8.95. The predicted octanol–water partition coefficient (Wildman–Crippen LogP) is 3.14. The Kier molecular flexibility index (Phi) is 2.24. The Bertz CT molecular complexity index is 346. The van der Waals surface area contributed by atoms with Crippen LogP contribution in [-0.4, -0.2) is 5.78 Å². The molecule has 1 nitrogen and oxygen atoms in total. The maximum atomic E-state index is 11.1. The second-order valence-electron chi connectivity index (χ2n) is 3.58. The van der Waals surface area contributed by atoms with Crippen molar-refractivity contribution in [3.8, 4) is 0 Å². The summed E-state index contributed by atoms with van der Waals surface area (Å²) in [4.78, 5) is 11.1. The van der Waals surface area contributed by atoms with Crippen molar-refractivity contribution in [1.29, 1.82) is 0 Å². The van der Waals surface area contributed by atoms with Crippen molar-refractivity contribution in [3.05, 3.63) is 34.3 Å². The molecule has 1 saturated carbocycles. The van der Waals surface area contributed by atoms with E-state index in [2.05, 4.69) is 22.0 Å². The van der Waals surface area contributed by atoms with Crippen LogP contribution in [0.3, 0.4) is 0 Å². The van der Waals surface area contributed by atoms with E-state index in [1.807, 2.05) is 18.2 Å². The molecule has 13 heavy (non-hydrogen) atoms. The van der Waals surface area contributed by atoms with Gasteiger partial charge in [0.05, 0.1) is 0 Å². The lowest BCUT2D eigenvalue weighted by Crippen LogP contribution is -1.94. The summed E-state index contributed by atoms with van der Waals surface area (Å²) in [6.07, 6.45) is 1.03. The predicted molar refractivity (Wildman–Crippen MR) is 55.7 cm³/mol. The molecule has 0 aromatic heterocycles. The van der Waals surface area contributed by atoms with Gasteiger partial charge in [0.2, 0.25) is 0 Å². The molecule has 1 aromatic rings. The molecule has 0 heterocycles. The maximum absolute atomic E-state index is 11.1. The lowest BCUT2D eigenvalue weighted by molar-refractivity contribution is -0.118. The maximum Gasteiger partial charge on any atom is 0.133 e. The van der Waals surface area contributed by atoms with Gasteiger partial charge in [-0.25, -0.2) is 0 Å². The average molecular weight is 239 g/mol. The minimum absolute atomic E-state index is 0.277. The van der Waals surface area contributed by atoms with Crippen molar-refractivity contribution in [3.63, 3.8) is 0 Å². The van der Waals surface area contributed by atoms with Crippen LogP contribution >= 0.6 is 15.9 Å². The van der Waals surface area contributed by atoms with Crippen molar-refractivity contribution >= 4 is 21.7 Å². The number of ketones is 1. The summed E-state index contributed by atoms with van der Waals surface area (Å²) in [5.74, 6) is 1.06. The van der Waals surface area contributed by atoms with Crippen molar-refractivity contribution in [1.82, 2.24) is 0 Å². The van der Waals surface area contributed by atoms with Crippen LogP contribution in [0.15, 0.2) is 28.7 Å². The van der Waals surface area contributed by atoms with Gasteiger partial charge < -0.3 is 0 Å². The molecule has 2 atom stereocenters. The molecule has 0 bridgehead atoms. The third kappa shape index (κ3) is 1.68. The standard InChI is InChI=1S/C11H11BrO/c1-7(13)9-6-10(9)8-4-2-3-5-11(8)12/h2-5,9-10H,6H2,1H3/t9-,10+/m1/s1. The molecule has 0 aliphatic heterocycles. The van der Waals surface area contributed by atoms with Gasteiger partial charge in [0.25, 0.3) is 0 Å². The van der Waals surface area contributed by atoms with Gasteiger partial charge in [-0.15, -0.1) is 0 Å². The van der Waals surface area contributed by atoms with Gasteiger partial charge in [-0.1, -0.05) is 34.1 Å². The van der Waals surface area contributed by atoms with Crippen LogP contribution in [0.25, 0.3) is 0 Å². The average Bonchev–Trinajstić information content (AvgIpc) is 2.84. The SMILES string of the molecule is CC(=O)[C@H]1C[C@H]1c1ccccc1Br. The van der Waals surface area contributed by atoms with E-state index in [0.29, 0.717) is 11.7 Å². The molecule has 0 saturated heterocycles. The number of hydrogen-bond acceptors (Lipinski definition) is 1. The van der Waals surface area contributed by atoms with Gasteiger partial charge in [-0.2, -0.15) is 0 Å². The van der Waals surface area contributed by atoms with Gasteiger partial charge in [0.1, 0.15) is 5.78 Å². The zero-order valence-corrected chi connectivity index (χ0v) is 9.04. The molecule has 1 aliphatic rings. The minimum atomic E-state index is 0.277. The van der Waals surface area contributed by atoms with Crippen LogP contribution in [0.5, 0.6) is 0 Å². The largest absolute Gasteiger partial charge is 0.300 e. The molecular weight excluding hydrogens is 228 g/mol. The quantitative estimate of drug-likeness (QED) is 0.774. The fraction of sp³-hybridized carbons (Fsp3) is 0.364. The minimum Gasteiger partial charge on any atom is -0.300 e. The topological polar surface area (TPSA) is 17.1 Å². The van der Waals surface area contributed by atoms with E-state index in [-0.39, 0.29) is 5.92 Å². The Labute approximate surface area is 86.3 Å². The van der Waals surface area contributed by atoms with Gasteiger partial charge >= 0.3 is 0 Å². The van der Waals surface area contributed by atoms with Crippen LogP contribution in [0.4, 0.5) is 0 Å². The highest BCUT2D eigenvalue weighted by molar-refractivity contribution is 9.10. The van der Waals surface area contributed by atoms with Crippen molar-refractivity contribution in [2.24, 2.45) is 5.92 Å². The number of carbonyl (C=O) groups is 1. The number of hydrogen-bond donors (Lipinski definition) is 0. The Morgan fingerprint density at radius 2 is 2.15 bits per heavy atom. The highest BCUT2D eigenvalue weighted by Crippen LogP contribution is 2.49. The highest BCUT2D eigenvalue weighted by Gasteiger charge is 2.42. The van der Waals surface area contributed by atoms with Gasteiger partial charge in [0, 0.05) is 10.4 Å². The fourth-order valence-corrected chi connectivity index (χ4v) is 2.34. The van der Waals surface area contributed by atoms with Gasteiger partial charge in [-0.3, -0.25) is 4.79 Å². The third-order valence-electron chi connectivity index (χ3n) is 2.62. The summed E-state index contributed by atoms with van der Waals surface area (Å²) in [5.41, 5.74) is 1.28. The van der Waals surface area contributed by atoms with Crippen molar-refractivity contribution < 1.29 is 4.79 Å². The summed E-state index contributed by atoms with van der Waals surface area (Å²) >= 11 is 3.50. The Morgan fingerprint density at radius 1 is 1.46 bits per heavy atom. The van der Waals surface area contributed by atoms with E-state index in [9.17, 15) is 4.79 Å². The first-order valence-electron chi connectivity index (χ1n) is 4.45. The summed E-state index contributed by atoms with van der Waals surface area (Å²) < 4.78 is 1.13. The van der Waals surface area contributed by atoms with Crippen LogP contribution in [0, 0.1) is 5.92 Å². The number of Topliss-reactive ketones (excluding diaryl/α,β-unsaturated/α-hetero) is 1. The second-order valence-corrected chi connectivity index (χ2v) is 4.44. The zero-order valence-electron chi connectivity index (χ0n) is 7.46. The summed E-state index contributed by atoms with van der Waals surface area (Å²) in [5, 5.41) is 0. The van der Waals surface area contributed by atoms with E-state index >= 15 is 0 Å². The first-order chi connectivity index (χ1) is 6.20.